The van der Waals surface area contributed by atoms with Crippen LogP contribution in [0.5, 0.6) is 5.88 Å². The molecule has 3 atom stereocenters. The number of ketones is 1. The van der Waals surface area contributed by atoms with Crippen LogP contribution in [0.1, 0.15) is 51.9 Å². The van der Waals surface area contributed by atoms with E-state index in [-0.39, 0.29) is 29.9 Å². The summed E-state index contributed by atoms with van der Waals surface area (Å²) in [4.78, 5) is 46.6. The van der Waals surface area contributed by atoms with Crippen molar-refractivity contribution in [1.82, 2.24) is 29.8 Å². The molecule has 2 aliphatic rings. The number of nitrogens with one attached hydrogen (secondary N) is 1. The van der Waals surface area contributed by atoms with E-state index < -0.39 is 103 Å². The highest BCUT2D eigenvalue weighted by atomic mass is 19.4. The molecular formula is C27H26F6N6O4. The number of pyridine rings is 1. The highest BCUT2D eigenvalue weighted by Gasteiger charge is 2.46. The van der Waals surface area contributed by atoms with Gasteiger partial charge in [0.25, 0.3) is 5.91 Å². The summed E-state index contributed by atoms with van der Waals surface area (Å²) >= 11 is 0. The molecule has 1 N–H and O–H groups in total. The lowest BCUT2D eigenvalue weighted by molar-refractivity contribution is -0.136. The fourth-order valence-corrected chi connectivity index (χ4v) is 5.48. The molecule has 0 aromatic carbocycles. The Morgan fingerprint density at radius 1 is 1.21 bits per heavy atom. The van der Waals surface area contributed by atoms with Gasteiger partial charge in [-0.3, -0.25) is 14.4 Å². The Bertz CT molecular complexity index is 1700. The standard InChI is InChI=1S/C27H26F6N6O4/c1-13(40)5-19-22-17(27(31,32)33)7-21(39(22)36-12-35-19)15-6-16(24(43-2)34-9-15)23(41)37-20-11-38(10-18(20)28)25(42)14-3-4-26(29,30)8-14/h6-7,9,12,14,18,20H,3-5,8,10-11H2,1-2H3,(H,37,41)/t14-,18+,20-/m1/s1/i2D3. The zero-order chi connectivity index (χ0) is 33.8. The zero-order valence-corrected chi connectivity index (χ0v) is 22.4. The van der Waals surface area contributed by atoms with Crippen LogP contribution in [0.3, 0.4) is 0 Å². The predicted octanol–water partition coefficient (Wildman–Crippen LogP) is 3.66. The Balaban J connectivity index is 1.49. The van der Waals surface area contributed by atoms with Crippen molar-refractivity contribution in [2.45, 2.75) is 56.9 Å². The van der Waals surface area contributed by atoms with Crippen molar-refractivity contribution in [2.75, 3.05) is 20.1 Å². The van der Waals surface area contributed by atoms with Gasteiger partial charge in [-0.2, -0.15) is 18.3 Å². The zero-order valence-electron chi connectivity index (χ0n) is 25.4. The van der Waals surface area contributed by atoms with Gasteiger partial charge in [-0.1, -0.05) is 0 Å². The van der Waals surface area contributed by atoms with Crippen LogP contribution >= 0.6 is 0 Å². The molecule has 1 aliphatic heterocycles. The van der Waals surface area contributed by atoms with E-state index in [9.17, 15) is 36.3 Å². The number of fused-ring (bicyclic) bond motifs is 1. The molecule has 0 radical (unpaired) electrons. The van der Waals surface area contributed by atoms with Crippen molar-refractivity contribution in [3.05, 3.63) is 41.5 Å². The minimum Gasteiger partial charge on any atom is -0.480 e. The molecule has 1 aliphatic carbocycles. The normalized spacial score (nSPS) is 23.1. The fourth-order valence-electron chi connectivity index (χ4n) is 5.48. The van der Waals surface area contributed by atoms with Gasteiger partial charge in [-0.25, -0.2) is 27.7 Å². The number of methoxy groups -OCH3 is 1. The molecule has 4 heterocycles. The molecule has 3 aromatic rings. The van der Waals surface area contributed by atoms with Crippen molar-refractivity contribution in [3.8, 4) is 17.1 Å². The van der Waals surface area contributed by atoms with Gasteiger partial charge in [-0.15, -0.1) is 0 Å². The number of hydrogen-bond acceptors (Lipinski definition) is 7. The summed E-state index contributed by atoms with van der Waals surface area (Å²) in [6.45, 7) is 0.314. The maximum absolute atomic E-state index is 15.0. The third-order valence-electron chi connectivity index (χ3n) is 7.47. The molecule has 16 heteroatoms. The summed E-state index contributed by atoms with van der Waals surface area (Å²) in [5.74, 6) is -7.05. The lowest BCUT2D eigenvalue weighted by atomic mass is 10.1. The number of Topliss-reactive ketones (excluding diaryl/α,β-unsaturated/α-hetero) is 1. The van der Waals surface area contributed by atoms with Crippen molar-refractivity contribution in [1.29, 1.82) is 0 Å². The van der Waals surface area contributed by atoms with Gasteiger partial charge < -0.3 is 15.0 Å². The smallest absolute Gasteiger partial charge is 0.418 e. The molecule has 5 rings (SSSR count). The Kier molecular flexibility index (Phi) is 6.82. The fraction of sp³-hybridized carbons (Fsp3) is 0.481. The van der Waals surface area contributed by atoms with Gasteiger partial charge in [0.05, 0.1) is 52.6 Å². The maximum Gasteiger partial charge on any atom is 0.418 e. The SMILES string of the molecule is [2H]C([2H])([2H])Oc1ncc(-c2cc(C(F)(F)F)c3c(CC(C)=O)ncnn23)cc1C(=O)N[C@@H]1CN(C(=O)[C@@H]2CCC(F)(F)C2)C[C@@H]1F. The predicted molar refractivity (Wildman–Crippen MR) is 137 cm³/mol. The van der Waals surface area contributed by atoms with Crippen LogP contribution in [0.15, 0.2) is 24.7 Å². The largest absolute Gasteiger partial charge is 0.480 e. The third-order valence-corrected chi connectivity index (χ3v) is 7.47. The summed E-state index contributed by atoms with van der Waals surface area (Å²) in [7, 11) is -3.12. The molecule has 3 aromatic heterocycles. The molecular weight excluding hydrogens is 586 g/mol. The number of amides is 2. The molecule has 0 bridgehead atoms. The van der Waals surface area contributed by atoms with Gasteiger partial charge in [0, 0.05) is 37.1 Å². The molecule has 10 nitrogen and oxygen atoms in total. The van der Waals surface area contributed by atoms with E-state index in [1.807, 2.05) is 0 Å². The van der Waals surface area contributed by atoms with E-state index in [2.05, 4.69) is 20.4 Å². The summed E-state index contributed by atoms with van der Waals surface area (Å²) in [6.07, 6.45) is -6.53. The van der Waals surface area contributed by atoms with Gasteiger partial charge >= 0.3 is 6.18 Å². The average Bonchev–Trinajstić information content (AvgIpc) is 3.62. The number of hydrogen-bond donors (Lipinski definition) is 1. The molecule has 2 fully saturated rings. The maximum atomic E-state index is 15.0. The average molecular weight is 616 g/mol. The Hall–Kier alpha value is -4.24. The second-order valence-corrected chi connectivity index (χ2v) is 10.6. The molecule has 2 amide bonds. The number of carbonyl (C=O) groups excluding carboxylic acids is 3. The summed E-state index contributed by atoms with van der Waals surface area (Å²) in [6, 6.07) is 0.334. The highest BCUT2D eigenvalue weighted by molar-refractivity contribution is 5.98. The van der Waals surface area contributed by atoms with Crippen molar-refractivity contribution in [3.63, 3.8) is 0 Å². The van der Waals surface area contributed by atoms with Crippen LogP contribution in [0.25, 0.3) is 16.8 Å². The third kappa shape index (κ3) is 5.99. The summed E-state index contributed by atoms with van der Waals surface area (Å²) < 4.78 is 113. The first-order chi connectivity index (χ1) is 21.3. The molecule has 1 saturated carbocycles. The Morgan fingerprint density at radius 3 is 2.63 bits per heavy atom. The van der Waals surface area contributed by atoms with E-state index in [0.29, 0.717) is 6.07 Å². The second kappa shape index (κ2) is 11.1. The van der Waals surface area contributed by atoms with Crippen LogP contribution in [0.4, 0.5) is 26.3 Å². The van der Waals surface area contributed by atoms with Gasteiger partial charge in [0.1, 0.15) is 23.8 Å². The number of likely N-dealkylation sites (tertiary alicyclic amines) is 1. The van der Waals surface area contributed by atoms with Crippen LogP contribution in [-0.4, -0.2) is 80.3 Å². The lowest BCUT2D eigenvalue weighted by Gasteiger charge is -2.20. The van der Waals surface area contributed by atoms with Crippen LogP contribution < -0.4 is 10.1 Å². The number of rotatable bonds is 7. The van der Waals surface area contributed by atoms with E-state index >= 15 is 4.39 Å². The quantitative estimate of drug-likeness (QED) is 0.403. The number of ether oxygens (including phenoxy) is 1. The van der Waals surface area contributed by atoms with Crippen LogP contribution in [0.2, 0.25) is 0 Å². The molecule has 230 valence electrons. The molecule has 0 spiro atoms. The first-order valence-corrected chi connectivity index (χ1v) is 13.1. The van der Waals surface area contributed by atoms with E-state index in [1.165, 1.54) is 6.92 Å². The minimum absolute atomic E-state index is 0.0732. The molecule has 0 unspecified atom stereocenters. The summed E-state index contributed by atoms with van der Waals surface area (Å²) in [5.41, 5.74) is -2.95. The monoisotopic (exact) mass is 615 g/mol. The Morgan fingerprint density at radius 2 is 1.98 bits per heavy atom. The Labute approximate surface area is 244 Å². The second-order valence-electron chi connectivity index (χ2n) is 10.6. The van der Waals surface area contributed by atoms with Crippen LogP contribution in [0, 0.1) is 5.92 Å². The van der Waals surface area contributed by atoms with E-state index in [0.717, 1.165) is 28.0 Å². The van der Waals surface area contributed by atoms with Gasteiger partial charge in [0.2, 0.25) is 17.7 Å². The topological polar surface area (TPSA) is 119 Å². The van der Waals surface area contributed by atoms with Crippen LogP contribution in [-0.2, 0) is 22.2 Å². The van der Waals surface area contributed by atoms with E-state index in [4.69, 9.17) is 8.85 Å². The van der Waals surface area contributed by atoms with Gasteiger partial charge in [-0.05, 0) is 25.5 Å². The number of nitrogens with zero attached hydrogens (tertiary/aromatic N) is 5. The van der Waals surface area contributed by atoms with Gasteiger partial charge in [0.15, 0.2) is 0 Å². The summed E-state index contributed by atoms with van der Waals surface area (Å²) in [5, 5.41) is 6.22. The number of alkyl halides is 6. The highest BCUT2D eigenvalue weighted by Crippen LogP contribution is 2.41. The first-order valence-electron chi connectivity index (χ1n) is 14.6. The van der Waals surface area contributed by atoms with Crippen molar-refractivity contribution >= 4 is 23.1 Å². The molecule has 1 saturated heterocycles. The van der Waals surface area contributed by atoms with Crippen molar-refractivity contribution < 1.29 is 49.6 Å². The van der Waals surface area contributed by atoms with Crippen molar-refractivity contribution in [2.24, 2.45) is 5.92 Å². The lowest BCUT2D eigenvalue weighted by Crippen LogP contribution is -2.42. The number of aromatic nitrogens is 4. The number of carbonyl (C=O) groups is 3. The first kappa shape index (κ1) is 26.4. The van der Waals surface area contributed by atoms with E-state index in [1.54, 1.807) is 0 Å². The minimum atomic E-state index is -4.92. The molecule has 43 heavy (non-hydrogen) atoms. The number of halogens is 6.